The van der Waals surface area contributed by atoms with E-state index >= 15 is 0 Å². The molecule has 0 aromatic heterocycles. The van der Waals surface area contributed by atoms with Crippen LogP contribution in [-0.4, -0.2) is 32.6 Å². The van der Waals surface area contributed by atoms with Crippen LogP contribution in [0, 0.1) is 0 Å². The summed E-state index contributed by atoms with van der Waals surface area (Å²) in [4.78, 5) is 14.6. The number of anilines is 1. The molecule has 2 aromatic carbocycles. The van der Waals surface area contributed by atoms with Gasteiger partial charge in [-0.15, -0.1) is 0 Å². The number of rotatable bonds is 9. The highest BCUT2D eigenvalue weighted by atomic mass is 19.3. The summed E-state index contributed by atoms with van der Waals surface area (Å²) in [5.74, 6) is -0.289. The zero-order valence-corrected chi connectivity index (χ0v) is 15.6. The SMILES string of the molecule is CCN(CC)c1ccc(/C=C/C(=O)c2ccc(OC(F)F)c(OC)c2)cc1. The summed E-state index contributed by atoms with van der Waals surface area (Å²) in [5.41, 5.74) is 2.34. The van der Waals surface area contributed by atoms with Crippen LogP contribution < -0.4 is 14.4 Å². The van der Waals surface area contributed by atoms with Crippen molar-refractivity contribution in [3.05, 3.63) is 59.7 Å². The smallest absolute Gasteiger partial charge is 0.387 e. The van der Waals surface area contributed by atoms with Crippen LogP contribution in [-0.2, 0) is 0 Å². The van der Waals surface area contributed by atoms with Gasteiger partial charge in [0, 0.05) is 24.3 Å². The lowest BCUT2D eigenvalue weighted by Crippen LogP contribution is -2.21. The maximum atomic E-state index is 12.4. The molecule has 0 heterocycles. The van der Waals surface area contributed by atoms with Gasteiger partial charge >= 0.3 is 6.61 Å². The molecule has 0 radical (unpaired) electrons. The van der Waals surface area contributed by atoms with Gasteiger partial charge in [-0.1, -0.05) is 18.2 Å². The van der Waals surface area contributed by atoms with E-state index in [1.165, 1.54) is 31.4 Å². The summed E-state index contributed by atoms with van der Waals surface area (Å²) in [6.45, 7) is 3.10. The molecule has 0 N–H and O–H groups in total. The normalized spacial score (nSPS) is 11.0. The van der Waals surface area contributed by atoms with Crippen LogP contribution in [0.4, 0.5) is 14.5 Å². The lowest BCUT2D eigenvalue weighted by atomic mass is 10.1. The number of methoxy groups -OCH3 is 1. The number of benzene rings is 2. The van der Waals surface area contributed by atoms with Gasteiger partial charge in [-0.2, -0.15) is 8.78 Å². The third kappa shape index (κ3) is 5.54. The number of halogens is 2. The average molecular weight is 375 g/mol. The molecule has 0 unspecified atom stereocenters. The van der Waals surface area contributed by atoms with Crippen LogP contribution in [0.25, 0.3) is 6.08 Å². The molecule has 0 amide bonds. The monoisotopic (exact) mass is 375 g/mol. The zero-order valence-electron chi connectivity index (χ0n) is 15.6. The molecular weight excluding hydrogens is 352 g/mol. The second-order valence-electron chi connectivity index (χ2n) is 5.71. The van der Waals surface area contributed by atoms with Crippen molar-refractivity contribution in [3.63, 3.8) is 0 Å². The molecule has 4 nitrogen and oxygen atoms in total. The molecule has 0 aliphatic rings. The van der Waals surface area contributed by atoms with Crippen molar-refractivity contribution in [2.24, 2.45) is 0 Å². The van der Waals surface area contributed by atoms with E-state index < -0.39 is 6.61 Å². The van der Waals surface area contributed by atoms with E-state index in [0.29, 0.717) is 5.56 Å². The van der Waals surface area contributed by atoms with E-state index in [4.69, 9.17) is 4.74 Å². The molecule has 2 aromatic rings. The van der Waals surface area contributed by atoms with Crippen LogP contribution in [0.3, 0.4) is 0 Å². The predicted molar refractivity (Wildman–Crippen MR) is 103 cm³/mol. The average Bonchev–Trinajstić information content (AvgIpc) is 2.68. The Morgan fingerprint density at radius 1 is 1.07 bits per heavy atom. The molecule has 0 fully saturated rings. The van der Waals surface area contributed by atoms with Crippen molar-refractivity contribution in [2.45, 2.75) is 20.5 Å². The standard InChI is InChI=1S/C21H23F2NO3/c1-4-24(5-2)17-10-6-15(7-11-17)8-12-18(25)16-9-13-19(27-21(22)23)20(14-16)26-3/h6-14,21H,4-5H2,1-3H3/b12-8+. The quantitative estimate of drug-likeness (QED) is 0.455. The number of carbonyl (C=O) groups excluding carboxylic acids is 1. The summed E-state index contributed by atoms with van der Waals surface area (Å²) in [5, 5.41) is 0. The highest BCUT2D eigenvalue weighted by Gasteiger charge is 2.13. The molecule has 0 spiro atoms. The zero-order chi connectivity index (χ0) is 19.8. The Bertz CT molecular complexity index is 785. The van der Waals surface area contributed by atoms with Gasteiger partial charge in [-0.05, 0) is 55.8 Å². The van der Waals surface area contributed by atoms with Crippen LogP contribution in [0.5, 0.6) is 11.5 Å². The summed E-state index contributed by atoms with van der Waals surface area (Å²) in [6, 6.07) is 12.0. The minimum atomic E-state index is -2.96. The van der Waals surface area contributed by atoms with Gasteiger partial charge in [0.05, 0.1) is 7.11 Å². The van der Waals surface area contributed by atoms with E-state index in [1.807, 2.05) is 24.3 Å². The second-order valence-corrected chi connectivity index (χ2v) is 5.71. The van der Waals surface area contributed by atoms with Gasteiger partial charge in [0.25, 0.3) is 0 Å². The molecule has 0 saturated carbocycles. The molecule has 0 bridgehead atoms. The van der Waals surface area contributed by atoms with Gasteiger partial charge < -0.3 is 14.4 Å². The van der Waals surface area contributed by atoms with Gasteiger partial charge in [-0.25, -0.2) is 0 Å². The van der Waals surface area contributed by atoms with Crippen LogP contribution >= 0.6 is 0 Å². The minimum absolute atomic E-state index is 0.0816. The molecule has 0 aliphatic carbocycles. The Labute approximate surface area is 158 Å². The fraction of sp³-hybridized carbons (Fsp3) is 0.286. The molecule has 144 valence electrons. The predicted octanol–water partition coefficient (Wildman–Crippen LogP) is 5.04. The van der Waals surface area contributed by atoms with Crippen molar-refractivity contribution >= 4 is 17.5 Å². The van der Waals surface area contributed by atoms with Crippen LogP contribution in [0.15, 0.2) is 48.5 Å². The fourth-order valence-electron chi connectivity index (χ4n) is 2.67. The third-order valence-corrected chi connectivity index (χ3v) is 4.11. The first-order valence-corrected chi connectivity index (χ1v) is 8.68. The van der Waals surface area contributed by atoms with E-state index in [9.17, 15) is 13.6 Å². The highest BCUT2D eigenvalue weighted by Crippen LogP contribution is 2.29. The number of hydrogen-bond acceptors (Lipinski definition) is 4. The molecule has 6 heteroatoms. The van der Waals surface area contributed by atoms with Crippen molar-refractivity contribution < 1.29 is 23.0 Å². The topological polar surface area (TPSA) is 38.8 Å². The first-order chi connectivity index (χ1) is 13.0. The van der Waals surface area contributed by atoms with E-state index in [2.05, 4.69) is 23.5 Å². The van der Waals surface area contributed by atoms with Crippen molar-refractivity contribution in [1.82, 2.24) is 0 Å². The van der Waals surface area contributed by atoms with Gasteiger partial charge in [-0.3, -0.25) is 4.79 Å². The summed E-state index contributed by atoms with van der Waals surface area (Å²) in [6.07, 6.45) is 3.15. The lowest BCUT2D eigenvalue weighted by Gasteiger charge is -2.20. The Hall–Kier alpha value is -2.89. The molecule has 0 saturated heterocycles. The summed E-state index contributed by atoms with van der Waals surface area (Å²) in [7, 11) is 1.33. The molecule has 2 rings (SSSR count). The Morgan fingerprint density at radius 3 is 2.30 bits per heavy atom. The summed E-state index contributed by atoms with van der Waals surface area (Å²) >= 11 is 0. The van der Waals surface area contributed by atoms with Crippen molar-refractivity contribution in [3.8, 4) is 11.5 Å². The fourth-order valence-corrected chi connectivity index (χ4v) is 2.67. The highest BCUT2D eigenvalue weighted by molar-refractivity contribution is 6.07. The first-order valence-electron chi connectivity index (χ1n) is 8.68. The largest absolute Gasteiger partial charge is 0.493 e. The third-order valence-electron chi connectivity index (χ3n) is 4.11. The Morgan fingerprint density at radius 2 is 1.74 bits per heavy atom. The van der Waals surface area contributed by atoms with Gasteiger partial charge in [0.1, 0.15) is 0 Å². The van der Waals surface area contributed by atoms with Gasteiger partial charge in [0.15, 0.2) is 17.3 Å². The van der Waals surface area contributed by atoms with Gasteiger partial charge in [0.2, 0.25) is 0 Å². The van der Waals surface area contributed by atoms with Crippen molar-refractivity contribution in [1.29, 1.82) is 0 Å². The summed E-state index contributed by atoms with van der Waals surface area (Å²) < 4.78 is 34.1. The number of hydrogen-bond donors (Lipinski definition) is 0. The number of alkyl halides is 2. The Balaban J connectivity index is 2.12. The van der Waals surface area contributed by atoms with Crippen molar-refractivity contribution in [2.75, 3.05) is 25.1 Å². The number of allylic oxidation sites excluding steroid dienone is 1. The lowest BCUT2D eigenvalue weighted by molar-refractivity contribution is -0.0512. The van der Waals surface area contributed by atoms with E-state index in [-0.39, 0.29) is 17.3 Å². The first kappa shape index (κ1) is 20.4. The minimum Gasteiger partial charge on any atom is -0.493 e. The Kier molecular flexibility index (Phi) is 7.34. The maximum absolute atomic E-state index is 12.4. The number of ketones is 1. The molecule has 0 atom stereocenters. The number of ether oxygens (including phenoxy) is 2. The maximum Gasteiger partial charge on any atom is 0.387 e. The molecular formula is C21H23F2NO3. The van der Waals surface area contributed by atoms with E-state index in [0.717, 1.165) is 24.3 Å². The second kappa shape index (κ2) is 9.71. The van der Waals surface area contributed by atoms with Crippen LogP contribution in [0.2, 0.25) is 0 Å². The number of carbonyl (C=O) groups is 1. The van der Waals surface area contributed by atoms with E-state index in [1.54, 1.807) is 6.08 Å². The molecule has 0 aliphatic heterocycles. The molecule has 27 heavy (non-hydrogen) atoms. The number of nitrogens with zero attached hydrogens (tertiary/aromatic N) is 1. The van der Waals surface area contributed by atoms with Crippen LogP contribution in [0.1, 0.15) is 29.8 Å².